The quantitative estimate of drug-likeness (QED) is 0.857. The average molecular weight is 278 g/mol. The van der Waals surface area contributed by atoms with Crippen LogP contribution < -0.4 is 5.32 Å². The molecular weight excluding hydrogens is 248 g/mol. The molecule has 20 heavy (non-hydrogen) atoms. The summed E-state index contributed by atoms with van der Waals surface area (Å²) in [5.74, 6) is 1.08. The number of carbonyl (C=O) groups excluding carboxylic acids is 1. The van der Waals surface area contributed by atoms with Gasteiger partial charge in [-0.1, -0.05) is 46.0 Å². The molecule has 1 unspecified atom stereocenters. The molecule has 0 aromatic heterocycles. The summed E-state index contributed by atoms with van der Waals surface area (Å²) in [4.78, 5) is 15.4. The fourth-order valence-electron chi connectivity index (χ4n) is 4.57. The van der Waals surface area contributed by atoms with Crippen molar-refractivity contribution in [2.75, 3.05) is 0 Å². The average Bonchev–Trinajstić information content (AvgIpc) is 2.98. The minimum absolute atomic E-state index is 0.184. The molecule has 3 rings (SSSR count). The maximum atomic E-state index is 13.1. The molecule has 1 atom stereocenters. The molecule has 2 aliphatic carbocycles. The van der Waals surface area contributed by atoms with Crippen molar-refractivity contribution in [1.82, 2.24) is 10.2 Å². The van der Waals surface area contributed by atoms with Gasteiger partial charge in [0.1, 0.15) is 0 Å². The molecule has 2 saturated carbocycles. The smallest absolute Gasteiger partial charge is 0.244 e. The second kappa shape index (κ2) is 5.67. The van der Waals surface area contributed by atoms with E-state index in [2.05, 4.69) is 24.1 Å². The molecule has 3 aliphatic rings. The molecule has 1 amide bonds. The van der Waals surface area contributed by atoms with Gasteiger partial charge in [-0.3, -0.25) is 10.1 Å². The van der Waals surface area contributed by atoms with E-state index in [1.807, 2.05) is 0 Å². The van der Waals surface area contributed by atoms with Crippen LogP contribution in [0.1, 0.15) is 78.1 Å². The summed E-state index contributed by atoms with van der Waals surface area (Å²) in [6.07, 6.45) is 12.3. The topological polar surface area (TPSA) is 32.3 Å². The predicted molar refractivity (Wildman–Crippen MR) is 81.3 cm³/mol. The van der Waals surface area contributed by atoms with Crippen molar-refractivity contribution in [2.24, 2.45) is 5.92 Å². The zero-order valence-corrected chi connectivity index (χ0v) is 13.2. The molecule has 3 nitrogen and oxygen atoms in total. The normalized spacial score (nSPS) is 30.9. The van der Waals surface area contributed by atoms with Crippen LogP contribution in [0.3, 0.4) is 0 Å². The number of nitrogens with zero attached hydrogens (tertiary/aromatic N) is 1. The lowest BCUT2D eigenvalue weighted by Crippen LogP contribution is -2.46. The van der Waals surface area contributed by atoms with Gasteiger partial charge < -0.3 is 4.90 Å². The Kier molecular flexibility index (Phi) is 4.07. The fraction of sp³-hybridized carbons (Fsp3) is 0.941. The Morgan fingerprint density at radius 1 is 1.15 bits per heavy atom. The second-order valence-electron chi connectivity index (χ2n) is 7.58. The maximum Gasteiger partial charge on any atom is 0.244 e. The third-order valence-corrected chi connectivity index (χ3v) is 5.54. The molecule has 0 radical (unpaired) electrons. The van der Waals surface area contributed by atoms with Gasteiger partial charge in [0.15, 0.2) is 0 Å². The predicted octanol–water partition coefficient (Wildman–Crippen LogP) is 3.44. The van der Waals surface area contributed by atoms with Crippen LogP contribution in [0.4, 0.5) is 0 Å². The van der Waals surface area contributed by atoms with E-state index < -0.39 is 0 Å². The molecule has 114 valence electrons. The highest BCUT2D eigenvalue weighted by atomic mass is 16.2. The van der Waals surface area contributed by atoms with Crippen molar-refractivity contribution in [2.45, 2.75) is 95.8 Å². The maximum absolute atomic E-state index is 13.1. The van der Waals surface area contributed by atoms with Crippen molar-refractivity contribution >= 4 is 5.91 Å². The summed E-state index contributed by atoms with van der Waals surface area (Å²) in [5, 5.41) is 3.77. The summed E-state index contributed by atoms with van der Waals surface area (Å²) in [6, 6.07) is 0.507. The monoisotopic (exact) mass is 278 g/mol. The van der Waals surface area contributed by atoms with Gasteiger partial charge in [-0.25, -0.2) is 0 Å². The van der Waals surface area contributed by atoms with Gasteiger partial charge in [-0.05, 0) is 38.0 Å². The zero-order valence-electron chi connectivity index (χ0n) is 13.2. The van der Waals surface area contributed by atoms with Crippen LogP contribution in [0.2, 0.25) is 0 Å². The summed E-state index contributed by atoms with van der Waals surface area (Å²) in [7, 11) is 0. The van der Waals surface area contributed by atoms with Gasteiger partial charge in [-0.15, -0.1) is 0 Å². The first-order chi connectivity index (χ1) is 9.62. The van der Waals surface area contributed by atoms with Crippen LogP contribution in [0, 0.1) is 5.92 Å². The van der Waals surface area contributed by atoms with E-state index in [1.165, 1.54) is 44.9 Å². The van der Waals surface area contributed by atoms with E-state index in [4.69, 9.17) is 0 Å². The third-order valence-electron chi connectivity index (χ3n) is 5.54. The second-order valence-corrected chi connectivity index (χ2v) is 7.58. The van der Waals surface area contributed by atoms with Gasteiger partial charge in [0.05, 0.1) is 11.7 Å². The van der Waals surface area contributed by atoms with Gasteiger partial charge in [0, 0.05) is 6.04 Å². The number of rotatable bonds is 3. The number of hydrogen-bond donors (Lipinski definition) is 1. The molecule has 1 aliphatic heterocycles. The van der Waals surface area contributed by atoms with Crippen LogP contribution in [0.5, 0.6) is 0 Å². The molecular formula is C17H30N2O. The largest absolute Gasteiger partial charge is 0.323 e. The fourth-order valence-corrected chi connectivity index (χ4v) is 4.57. The highest BCUT2D eigenvalue weighted by Crippen LogP contribution is 2.40. The van der Waals surface area contributed by atoms with Gasteiger partial charge in [-0.2, -0.15) is 0 Å². The first-order valence-electron chi connectivity index (χ1n) is 8.73. The van der Waals surface area contributed by atoms with Crippen molar-refractivity contribution < 1.29 is 4.79 Å². The molecule has 3 heteroatoms. The molecule has 0 aromatic carbocycles. The van der Waals surface area contributed by atoms with E-state index in [1.54, 1.807) is 0 Å². The van der Waals surface area contributed by atoms with E-state index in [-0.39, 0.29) is 5.54 Å². The SMILES string of the molecule is CC(C)CC1NC2(CCCC2)C(=O)N1C1CCCCC1. The Hall–Kier alpha value is -0.570. The molecule has 0 bridgehead atoms. The third kappa shape index (κ3) is 2.49. The first kappa shape index (κ1) is 14.4. The van der Waals surface area contributed by atoms with Crippen molar-refractivity contribution in [1.29, 1.82) is 0 Å². The van der Waals surface area contributed by atoms with Crippen LogP contribution in [-0.2, 0) is 4.79 Å². The van der Waals surface area contributed by atoms with Crippen LogP contribution >= 0.6 is 0 Å². The highest BCUT2D eigenvalue weighted by molar-refractivity contribution is 5.89. The Morgan fingerprint density at radius 3 is 2.40 bits per heavy atom. The molecule has 0 aromatic rings. The number of amides is 1. The molecule has 1 N–H and O–H groups in total. The van der Waals surface area contributed by atoms with E-state index in [9.17, 15) is 4.79 Å². The van der Waals surface area contributed by atoms with Crippen LogP contribution in [0.15, 0.2) is 0 Å². The van der Waals surface area contributed by atoms with Crippen molar-refractivity contribution in [3.63, 3.8) is 0 Å². The van der Waals surface area contributed by atoms with E-state index in [0.717, 1.165) is 19.3 Å². The van der Waals surface area contributed by atoms with Crippen molar-refractivity contribution in [3.05, 3.63) is 0 Å². The summed E-state index contributed by atoms with van der Waals surface area (Å²) in [6.45, 7) is 4.54. The summed E-state index contributed by atoms with van der Waals surface area (Å²) in [5.41, 5.74) is -0.184. The minimum Gasteiger partial charge on any atom is -0.323 e. The summed E-state index contributed by atoms with van der Waals surface area (Å²) < 4.78 is 0. The lowest BCUT2D eigenvalue weighted by atomic mass is 9.92. The van der Waals surface area contributed by atoms with Gasteiger partial charge in [0.25, 0.3) is 0 Å². The number of nitrogens with one attached hydrogen (secondary N) is 1. The van der Waals surface area contributed by atoms with Gasteiger partial charge in [0.2, 0.25) is 5.91 Å². The minimum atomic E-state index is -0.184. The van der Waals surface area contributed by atoms with Crippen LogP contribution in [-0.4, -0.2) is 28.6 Å². The van der Waals surface area contributed by atoms with E-state index in [0.29, 0.717) is 24.0 Å². The van der Waals surface area contributed by atoms with Crippen LogP contribution in [0.25, 0.3) is 0 Å². The number of hydrogen-bond acceptors (Lipinski definition) is 2. The zero-order chi connectivity index (χ0) is 14.2. The molecule has 1 heterocycles. The number of carbonyl (C=O) groups is 1. The van der Waals surface area contributed by atoms with E-state index >= 15 is 0 Å². The summed E-state index contributed by atoms with van der Waals surface area (Å²) >= 11 is 0. The Morgan fingerprint density at radius 2 is 1.80 bits per heavy atom. The Balaban J connectivity index is 1.80. The van der Waals surface area contributed by atoms with Crippen molar-refractivity contribution in [3.8, 4) is 0 Å². The highest BCUT2D eigenvalue weighted by Gasteiger charge is 2.53. The lowest BCUT2D eigenvalue weighted by molar-refractivity contribution is -0.136. The Labute approximate surface area is 123 Å². The molecule has 1 spiro atoms. The lowest BCUT2D eigenvalue weighted by Gasteiger charge is -2.36. The Bertz CT molecular complexity index is 354. The van der Waals surface area contributed by atoms with Gasteiger partial charge >= 0.3 is 0 Å². The first-order valence-corrected chi connectivity index (χ1v) is 8.73. The molecule has 3 fully saturated rings. The standard InChI is InChI=1S/C17H30N2O/c1-13(2)12-15-18-17(10-6-7-11-17)16(20)19(15)14-8-4-3-5-9-14/h13-15,18H,3-12H2,1-2H3. The molecule has 1 saturated heterocycles.